The van der Waals surface area contributed by atoms with E-state index in [1.54, 1.807) is 5.38 Å². The number of thiazole rings is 1. The molecule has 32 heavy (non-hydrogen) atoms. The standard InChI is InChI=1S/C25H29N3O3S/c1-16(2)19-11-8-12-20(17(3)4)23(19)28-22(29)14-31-24(30)21-15-32-25(27-21)26-13-18-9-6-5-7-10-18/h5-12,15-17H,13-14H2,1-4H3,(H,26,27)(H,28,29). The Morgan fingerprint density at radius 1 is 0.969 bits per heavy atom. The largest absolute Gasteiger partial charge is 0.451 e. The van der Waals surface area contributed by atoms with Crippen LogP contribution in [0.3, 0.4) is 0 Å². The highest BCUT2D eigenvalue weighted by molar-refractivity contribution is 7.13. The lowest BCUT2D eigenvalue weighted by Gasteiger charge is -2.20. The molecule has 0 spiro atoms. The second-order valence-electron chi connectivity index (χ2n) is 8.12. The van der Waals surface area contributed by atoms with Crippen LogP contribution in [0.2, 0.25) is 0 Å². The number of anilines is 2. The maximum atomic E-state index is 12.5. The third-order valence-electron chi connectivity index (χ3n) is 4.97. The summed E-state index contributed by atoms with van der Waals surface area (Å²) in [7, 11) is 0. The van der Waals surface area contributed by atoms with Gasteiger partial charge in [-0.3, -0.25) is 4.79 Å². The van der Waals surface area contributed by atoms with Gasteiger partial charge in [-0.25, -0.2) is 9.78 Å². The number of hydrogen-bond acceptors (Lipinski definition) is 6. The molecule has 168 valence electrons. The number of nitrogens with zero attached hydrogens (tertiary/aromatic N) is 1. The Kier molecular flexibility index (Phi) is 8.00. The maximum Gasteiger partial charge on any atom is 0.358 e. The summed E-state index contributed by atoms with van der Waals surface area (Å²) in [5.74, 6) is -0.483. The van der Waals surface area contributed by atoms with Crippen LogP contribution in [-0.2, 0) is 16.1 Å². The fourth-order valence-corrected chi connectivity index (χ4v) is 3.98. The third kappa shape index (κ3) is 6.17. The lowest BCUT2D eigenvalue weighted by molar-refractivity contribution is -0.119. The van der Waals surface area contributed by atoms with Crippen LogP contribution in [-0.4, -0.2) is 23.5 Å². The number of esters is 1. The molecule has 0 bridgehead atoms. The SMILES string of the molecule is CC(C)c1cccc(C(C)C)c1NC(=O)COC(=O)c1csc(NCc2ccccc2)n1. The molecule has 6 nitrogen and oxygen atoms in total. The summed E-state index contributed by atoms with van der Waals surface area (Å²) < 4.78 is 5.20. The molecule has 0 aliphatic rings. The van der Waals surface area contributed by atoms with E-state index >= 15 is 0 Å². The van der Waals surface area contributed by atoms with Crippen molar-refractivity contribution in [2.75, 3.05) is 17.2 Å². The van der Waals surface area contributed by atoms with Crippen LogP contribution >= 0.6 is 11.3 Å². The van der Waals surface area contributed by atoms with Crippen LogP contribution in [0.5, 0.6) is 0 Å². The number of carbonyl (C=O) groups is 2. The van der Waals surface area contributed by atoms with Crippen LogP contribution in [0.15, 0.2) is 53.9 Å². The minimum Gasteiger partial charge on any atom is -0.451 e. The molecule has 0 fully saturated rings. The average Bonchev–Trinajstić information content (AvgIpc) is 3.26. The molecular weight excluding hydrogens is 422 g/mol. The topological polar surface area (TPSA) is 80.3 Å². The van der Waals surface area contributed by atoms with Crippen LogP contribution in [0.1, 0.15) is 66.7 Å². The maximum absolute atomic E-state index is 12.5. The van der Waals surface area contributed by atoms with E-state index in [1.807, 2.05) is 48.5 Å². The predicted molar refractivity (Wildman–Crippen MR) is 129 cm³/mol. The Balaban J connectivity index is 1.57. The molecule has 0 radical (unpaired) electrons. The van der Waals surface area contributed by atoms with Crippen LogP contribution in [0.4, 0.5) is 10.8 Å². The molecule has 2 N–H and O–H groups in total. The van der Waals surface area contributed by atoms with Crippen LogP contribution in [0.25, 0.3) is 0 Å². The van der Waals surface area contributed by atoms with Crippen molar-refractivity contribution in [3.05, 3.63) is 76.3 Å². The quantitative estimate of drug-likeness (QED) is 0.402. The first-order valence-corrected chi connectivity index (χ1v) is 11.6. The summed E-state index contributed by atoms with van der Waals surface area (Å²) in [6.07, 6.45) is 0. The number of nitrogens with one attached hydrogen (secondary N) is 2. The van der Waals surface area contributed by atoms with Gasteiger partial charge >= 0.3 is 5.97 Å². The van der Waals surface area contributed by atoms with Gasteiger partial charge in [0.25, 0.3) is 5.91 Å². The Morgan fingerprint density at radius 2 is 1.62 bits per heavy atom. The molecule has 1 amide bonds. The summed E-state index contributed by atoms with van der Waals surface area (Å²) >= 11 is 1.32. The van der Waals surface area contributed by atoms with E-state index in [-0.39, 0.29) is 30.0 Å². The van der Waals surface area contributed by atoms with E-state index < -0.39 is 5.97 Å². The molecule has 0 atom stereocenters. The van der Waals surface area contributed by atoms with Gasteiger partial charge < -0.3 is 15.4 Å². The van der Waals surface area contributed by atoms with Crippen molar-refractivity contribution in [3.63, 3.8) is 0 Å². The van der Waals surface area contributed by atoms with Crippen molar-refractivity contribution >= 4 is 34.0 Å². The smallest absolute Gasteiger partial charge is 0.358 e. The zero-order chi connectivity index (χ0) is 23.1. The number of rotatable bonds is 9. The first-order valence-electron chi connectivity index (χ1n) is 10.7. The normalized spacial score (nSPS) is 10.9. The Hall–Kier alpha value is -3.19. The molecule has 0 saturated carbocycles. The molecule has 3 aromatic rings. The molecule has 0 unspecified atom stereocenters. The highest BCUT2D eigenvalue weighted by Gasteiger charge is 2.18. The van der Waals surface area contributed by atoms with E-state index in [4.69, 9.17) is 4.74 Å². The molecule has 1 heterocycles. The number of carbonyl (C=O) groups excluding carboxylic acids is 2. The second-order valence-corrected chi connectivity index (χ2v) is 8.98. The minimum absolute atomic E-state index is 0.184. The van der Waals surface area contributed by atoms with Gasteiger partial charge in [-0.2, -0.15) is 0 Å². The van der Waals surface area contributed by atoms with Gasteiger partial charge in [0.2, 0.25) is 0 Å². The number of para-hydroxylation sites is 1. The summed E-state index contributed by atoms with van der Waals surface area (Å²) in [6, 6.07) is 15.9. The van der Waals surface area contributed by atoms with Gasteiger partial charge in [-0.15, -0.1) is 11.3 Å². The Labute approximate surface area is 193 Å². The Morgan fingerprint density at radius 3 is 2.25 bits per heavy atom. The monoisotopic (exact) mass is 451 g/mol. The summed E-state index contributed by atoms with van der Waals surface area (Å²) in [5, 5.41) is 8.38. The van der Waals surface area contributed by atoms with E-state index in [2.05, 4.69) is 43.3 Å². The first-order chi connectivity index (χ1) is 15.3. The summed E-state index contributed by atoms with van der Waals surface area (Å²) in [4.78, 5) is 29.2. The zero-order valence-corrected chi connectivity index (χ0v) is 19.7. The highest BCUT2D eigenvalue weighted by Crippen LogP contribution is 2.32. The minimum atomic E-state index is -0.620. The molecule has 3 rings (SSSR count). The van der Waals surface area contributed by atoms with Crippen molar-refractivity contribution in [1.29, 1.82) is 0 Å². The van der Waals surface area contributed by atoms with Gasteiger partial charge in [0, 0.05) is 17.6 Å². The van der Waals surface area contributed by atoms with Gasteiger partial charge in [0.15, 0.2) is 17.4 Å². The second kappa shape index (κ2) is 10.9. The lowest BCUT2D eigenvalue weighted by atomic mass is 9.92. The molecule has 7 heteroatoms. The van der Waals surface area contributed by atoms with Gasteiger partial charge in [-0.05, 0) is 28.5 Å². The number of amides is 1. The molecule has 2 aromatic carbocycles. The van der Waals surface area contributed by atoms with Crippen LogP contribution in [0, 0.1) is 0 Å². The average molecular weight is 452 g/mol. The predicted octanol–water partition coefficient (Wildman–Crippen LogP) is 5.80. The molecule has 0 aliphatic heterocycles. The van der Waals surface area contributed by atoms with Gasteiger partial charge in [0.05, 0.1) is 0 Å². The zero-order valence-electron chi connectivity index (χ0n) is 18.8. The number of hydrogen-bond donors (Lipinski definition) is 2. The Bertz CT molecular complexity index is 1040. The third-order valence-corrected chi connectivity index (χ3v) is 5.77. The number of benzene rings is 2. The molecule has 1 aromatic heterocycles. The molecular formula is C25H29N3O3S. The molecule has 0 saturated heterocycles. The first kappa shape index (κ1) is 23.5. The highest BCUT2D eigenvalue weighted by atomic mass is 32.1. The van der Waals surface area contributed by atoms with E-state index in [1.165, 1.54) is 11.3 Å². The van der Waals surface area contributed by atoms with Crippen molar-refractivity contribution in [2.24, 2.45) is 0 Å². The molecule has 0 aliphatic carbocycles. The van der Waals surface area contributed by atoms with E-state index in [0.29, 0.717) is 11.7 Å². The van der Waals surface area contributed by atoms with Gasteiger partial charge in [-0.1, -0.05) is 76.2 Å². The number of ether oxygens (including phenoxy) is 1. The fourth-order valence-electron chi connectivity index (χ4n) is 3.30. The van der Waals surface area contributed by atoms with Crippen molar-refractivity contribution < 1.29 is 14.3 Å². The summed E-state index contributed by atoms with van der Waals surface area (Å²) in [5.41, 5.74) is 4.23. The van der Waals surface area contributed by atoms with Crippen LogP contribution < -0.4 is 10.6 Å². The van der Waals surface area contributed by atoms with E-state index in [0.717, 1.165) is 22.4 Å². The van der Waals surface area contributed by atoms with Gasteiger partial charge in [0.1, 0.15) is 0 Å². The van der Waals surface area contributed by atoms with Crippen molar-refractivity contribution in [2.45, 2.75) is 46.1 Å². The van der Waals surface area contributed by atoms with Crippen molar-refractivity contribution in [1.82, 2.24) is 4.98 Å². The van der Waals surface area contributed by atoms with Crippen molar-refractivity contribution in [3.8, 4) is 0 Å². The summed E-state index contributed by atoms with van der Waals surface area (Å²) in [6.45, 7) is 8.58. The van der Waals surface area contributed by atoms with E-state index in [9.17, 15) is 9.59 Å². The fraction of sp³-hybridized carbons (Fsp3) is 0.320. The lowest BCUT2D eigenvalue weighted by Crippen LogP contribution is -2.23. The number of aromatic nitrogens is 1.